The van der Waals surface area contributed by atoms with Gasteiger partial charge in [-0.05, 0) is 37.3 Å². The van der Waals surface area contributed by atoms with E-state index in [0.717, 1.165) is 38.0 Å². The van der Waals surface area contributed by atoms with Gasteiger partial charge in [-0.25, -0.2) is 13.1 Å². The second-order valence-electron chi connectivity index (χ2n) is 6.56. The van der Waals surface area contributed by atoms with E-state index in [1.54, 1.807) is 6.07 Å². The Kier molecular flexibility index (Phi) is 4.32. The average Bonchev–Trinajstić information content (AvgIpc) is 2.93. The van der Waals surface area contributed by atoms with Crippen LogP contribution in [0.4, 0.5) is 5.69 Å². The van der Waals surface area contributed by atoms with Crippen LogP contribution in [0.2, 0.25) is 0 Å². The minimum atomic E-state index is -3.56. The molecule has 1 unspecified atom stereocenters. The molecule has 2 heterocycles. The number of nitrogens with one attached hydrogen (secondary N) is 1. The van der Waals surface area contributed by atoms with Crippen molar-refractivity contribution >= 4 is 15.7 Å². The highest BCUT2D eigenvalue weighted by atomic mass is 32.2. The summed E-state index contributed by atoms with van der Waals surface area (Å²) in [5.74, 6) is 0.888. The number of nitrogens with zero attached hydrogens (tertiary/aromatic N) is 1. The highest BCUT2D eigenvalue weighted by Crippen LogP contribution is 2.37. The van der Waals surface area contributed by atoms with Gasteiger partial charge in [0.05, 0.1) is 11.7 Å². The van der Waals surface area contributed by atoms with Gasteiger partial charge in [0, 0.05) is 13.1 Å². The maximum absolute atomic E-state index is 12.8. The van der Waals surface area contributed by atoms with Crippen molar-refractivity contribution in [3.8, 4) is 5.75 Å². The van der Waals surface area contributed by atoms with Crippen LogP contribution in [0.1, 0.15) is 33.1 Å². The van der Waals surface area contributed by atoms with Gasteiger partial charge in [0.15, 0.2) is 0 Å². The molecular weight excluding hydrogens is 300 g/mol. The van der Waals surface area contributed by atoms with Gasteiger partial charge < -0.3 is 9.64 Å². The summed E-state index contributed by atoms with van der Waals surface area (Å²) in [6.07, 6.45) is 2.98. The van der Waals surface area contributed by atoms with Crippen molar-refractivity contribution in [3.63, 3.8) is 0 Å². The molecule has 0 saturated carbocycles. The van der Waals surface area contributed by atoms with Gasteiger partial charge in [-0.2, -0.15) is 0 Å². The summed E-state index contributed by atoms with van der Waals surface area (Å²) in [6.45, 7) is 6.36. The minimum absolute atomic E-state index is 0.177. The van der Waals surface area contributed by atoms with Crippen molar-refractivity contribution < 1.29 is 13.2 Å². The monoisotopic (exact) mass is 324 g/mol. The van der Waals surface area contributed by atoms with E-state index in [-0.39, 0.29) is 6.04 Å². The lowest BCUT2D eigenvalue weighted by Crippen LogP contribution is -2.38. The number of fused-ring (bicyclic) bond motifs is 1. The molecule has 0 spiro atoms. The summed E-state index contributed by atoms with van der Waals surface area (Å²) in [7, 11) is -3.56. The predicted octanol–water partition coefficient (Wildman–Crippen LogP) is 2.37. The van der Waals surface area contributed by atoms with Crippen LogP contribution in [0.15, 0.2) is 23.1 Å². The molecule has 1 saturated heterocycles. The maximum atomic E-state index is 12.8. The van der Waals surface area contributed by atoms with Crippen LogP contribution in [-0.2, 0) is 10.0 Å². The zero-order chi connectivity index (χ0) is 15.7. The van der Waals surface area contributed by atoms with E-state index in [1.807, 2.05) is 12.1 Å². The number of benzene rings is 1. The van der Waals surface area contributed by atoms with E-state index in [1.165, 1.54) is 0 Å². The van der Waals surface area contributed by atoms with E-state index >= 15 is 0 Å². The van der Waals surface area contributed by atoms with Gasteiger partial charge >= 0.3 is 0 Å². The Morgan fingerprint density at radius 3 is 2.73 bits per heavy atom. The summed E-state index contributed by atoms with van der Waals surface area (Å²) in [4.78, 5) is 2.45. The van der Waals surface area contributed by atoms with Crippen LogP contribution in [0.25, 0.3) is 0 Å². The Balaban J connectivity index is 1.99. The first-order valence-electron chi connectivity index (χ1n) is 8.00. The Bertz CT molecular complexity index is 637. The summed E-state index contributed by atoms with van der Waals surface area (Å²) in [5, 5.41) is 0. The first kappa shape index (κ1) is 15.6. The molecule has 6 heteroatoms. The molecule has 0 bridgehead atoms. The lowest BCUT2D eigenvalue weighted by Gasteiger charge is -2.22. The number of rotatable bonds is 3. The third-order valence-electron chi connectivity index (χ3n) is 4.19. The standard InChI is InChI=1S/C16H24N2O3S/c1-12(2)10-13-11-21-15-7-5-6-14(18-8-3-4-9-18)16(15)22(19,20)17-13/h5-7,12-13,17H,3-4,8-11H2,1-2H3. The molecule has 1 aromatic carbocycles. The molecule has 0 amide bonds. The average molecular weight is 324 g/mol. The molecule has 2 aliphatic rings. The van der Waals surface area contributed by atoms with E-state index in [9.17, 15) is 8.42 Å². The Morgan fingerprint density at radius 1 is 1.32 bits per heavy atom. The number of hydrogen-bond acceptors (Lipinski definition) is 4. The van der Waals surface area contributed by atoms with Gasteiger partial charge in [-0.1, -0.05) is 19.9 Å². The molecule has 1 fully saturated rings. The zero-order valence-electron chi connectivity index (χ0n) is 13.2. The number of anilines is 1. The van der Waals surface area contributed by atoms with Gasteiger partial charge in [0.25, 0.3) is 0 Å². The second kappa shape index (κ2) is 6.08. The van der Waals surface area contributed by atoms with Crippen molar-refractivity contribution in [2.75, 3.05) is 24.6 Å². The fourth-order valence-corrected chi connectivity index (χ4v) is 4.87. The quantitative estimate of drug-likeness (QED) is 0.927. The lowest BCUT2D eigenvalue weighted by atomic mass is 10.1. The van der Waals surface area contributed by atoms with E-state index in [4.69, 9.17) is 4.74 Å². The van der Waals surface area contributed by atoms with Crippen LogP contribution < -0.4 is 14.4 Å². The van der Waals surface area contributed by atoms with Gasteiger partial charge in [-0.3, -0.25) is 0 Å². The summed E-state index contributed by atoms with van der Waals surface area (Å²) >= 11 is 0. The second-order valence-corrected chi connectivity index (χ2v) is 8.21. The predicted molar refractivity (Wildman–Crippen MR) is 86.9 cm³/mol. The van der Waals surface area contributed by atoms with E-state index in [0.29, 0.717) is 23.2 Å². The first-order valence-corrected chi connectivity index (χ1v) is 9.49. The molecule has 0 aromatic heterocycles. The fraction of sp³-hybridized carbons (Fsp3) is 0.625. The molecule has 1 aromatic rings. The molecule has 0 aliphatic carbocycles. The van der Waals surface area contributed by atoms with Crippen molar-refractivity contribution in [3.05, 3.63) is 18.2 Å². The Labute approximate surface area is 132 Å². The number of sulfonamides is 1. The highest BCUT2D eigenvalue weighted by molar-refractivity contribution is 7.89. The molecule has 5 nitrogen and oxygen atoms in total. The van der Waals surface area contributed by atoms with Crippen LogP contribution in [0, 0.1) is 5.92 Å². The zero-order valence-corrected chi connectivity index (χ0v) is 14.0. The summed E-state index contributed by atoms with van der Waals surface area (Å²) < 4.78 is 34.3. The number of hydrogen-bond donors (Lipinski definition) is 1. The van der Waals surface area contributed by atoms with Crippen molar-refractivity contribution in [2.45, 2.75) is 44.0 Å². The smallest absolute Gasteiger partial charge is 0.246 e. The molecule has 3 rings (SSSR count). The van der Waals surface area contributed by atoms with Crippen molar-refractivity contribution in [2.24, 2.45) is 5.92 Å². The Morgan fingerprint density at radius 2 is 2.05 bits per heavy atom. The van der Waals surface area contributed by atoms with Crippen LogP contribution in [0.3, 0.4) is 0 Å². The van der Waals surface area contributed by atoms with Gasteiger partial charge in [-0.15, -0.1) is 0 Å². The topological polar surface area (TPSA) is 58.6 Å². The van der Waals surface area contributed by atoms with E-state index in [2.05, 4.69) is 23.5 Å². The molecule has 122 valence electrons. The number of ether oxygens (including phenoxy) is 1. The van der Waals surface area contributed by atoms with Crippen molar-refractivity contribution in [1.82, 2.24) is 4.72 Å². The lowest BCUT2D eigenvalue weighted by molar-refractivity contribution is 0.262. The molecule has 1 atom stereocenters. The summed E-state index contributed by atoms with van der Waals surface area (Å²) in [6, 6.07) is 5.34. The van der Waals surface area contributed by atoms with Gasteiger partial charge in [0.2, 0.25) is 10.0 Å². The normalized spacial score (nSPS) is 24.0. The molecular formula is C16H24N2O3S. The maximum Gasteiger partial charge on any atom is 0.246 e. The van der Waals surface area contributed by atoms with Crippen LogP contribution in [0.5, 0.6) is 5.75 Å². The molecule has 0 radical (unpaired) electrons. The molecule has 22 heavy (non-hydrogen) atoms. The van der Waals surface area contributed by atoms with Crippen LogP contribution in [-0.4, -0.2) is 34.2 Å². The van der Waals surface area contributed by atoms with Crippen molar-refractivity contribution in [1.29, 1.82) is 0 Å². The minimum Gasteiger partial charge on any atom is -0.490 e. The van der Waals surface area contributed by atoms with Crippen LogP contribution >= 0.6 is 0 Å². The fourth-order valence-electron chi connectivity index (χ4n) is 3.28. The van der Waals surface area contributed by atoms with Gasteiger partial charge in [0.1, 0.15) is 17.3 Å². The molecule has 1 N–H and O–H groups in total. The largest absolute Gasteiger partial charge is 0.490 e. The Hall–Kier alpha value is -1.27. The summed E-state index contributed by atoms with van der Waals surface area (Å²) in [5.41, 5.74) is 0.771. The first-order chi connectivity index (χ1) is 10.5. The molecule has 2 aliphatic heterocycles. The highest BCUT2D eigenvalue weighted by Gasteiger charge is 2.33. The third-order valence-corrected chi connectivity index (χ3v) is 5.78. The third kappa shape index (κ3) is 3.08. The SMILES string of the molecule is CC(C)CC1COc2cccc(N3CCCC3)c2S(=O)(=O)N1. The van der Waals surface area contributed by atoms with E-state index < -0.39 is 10.0 Å².